The topological polar surface area (TPSA) is 0 Å². The maximum atomic E-state index is 2.29. The van der Waals surface area contributed by atoms with Gasteiger partial charge in [0.15, 0.2) is 0 Å². The summed E-state index contributed by atoms with van der Waals surface area (Å²) in [4.78, 5) is 0. The smallest absolute Gasteiger partial charge is 0.0818 e. The van der Waals surface area contributed by atoms with E-state index in [0.717, 1.165) is 9.52 Å². The fourth-order valence-electron chi connectivity index (χ4n) is 1.39. The van der Waals surface area contributed by atoms with Gasteiger partial charge in [-0.15, -0.1) is 0 Å². The second kappa shape index (κ2) is 2.34. The molecule has 0 amide bonds. The highest BCUT2D eigenvalue weighted by molar-refractivity contribution is 6.65. The maximum absolute atomic E-state index is 2.29. The minimum absolute atomic E-state index is 0.911. The third-order valence-electron chi connectivity index (χ3n) is 1.91. The van der Waals surface area contributed by atoms with Crippen molar-refractivity contribution in [3.05, 3.63) is 34.5 Å². The van der Waals surface area contributed by atoms with Crippen LogP contribution >= 0.6 is 0 Å². The van der Waals surface area contributed by atoms with Crippen LogP contribution in [0.4, 0.5) is 0 Å². The zero-order valence-corrected chi connectivity index (χ0v) is 7.81. The van der Waals surface area contributed by atoms with E-state index in [0.29, 0.717) is 0 Å². The Balaban J connectivity index is 2.52. The van der Waals surface area contributed by atoms with Crippen molar-refractivity contribution in [3.63, 3.8) is 0 Å². The van der Waals surface area contributed by atoms with Crippen LogP contribution in [0.25, 0.3) is 6.08 Å². The first-order valence-corrected chi connectivity index (χ1v) is 4.82. The van der Waals surface area contributed by atoms with Crippen molar-refractivity contribution in [2.45, 2.75) is 13.8 Å². The molecule has 0 saturated carbocycles. The van der Waals surface area contributed by atoms with E-state index in [9.17, 15) is 0 Å². The molecule has 0 spiro atoms. The van der Waals surface area contributed by atoms with Crippen molar-refractivity contribution in [1.29, 1.82) is 0 Å². The minimum atomic E-state index is 0.911. The van der Waals surface area contributed by atoms with Crippen LogP contribution in [0, 0.1) is 6.92 Å². The first-order valence-electron chi connectivity index (χ1n) is 3.82. The van der Waals surface area contributed by atoms with E-state index in [1.54, 1.807) is 0 Å². The molecule has 1 heteroatoms. The molecule has 0 atom stereocenters. The molecule has 1 aromatic rings. The molecule has 0 fully saturated rings. The SMILES string of the molecule is CC1=Cc2ccc(C)cc2[Si]1. The zero-order chi connectivity index (χ0) is 7.84. The highest BCUT2D eigenvalue weighted by Crippen LogP contribution is 2.12. The predicted octanol–water partition coefficient (Wildman–Crippen LogP) is 1.70. The normalized spacial score (nSPS) is 14.5. The second-order valence-corrected chi connectivity index (χ2v) is 4.62. The van der Waals surface area contributed by atoms with Crippen molar-refractivity contribution >= 4 is 20.8 Å². The summed E-state index contributed by atoms with van der Waals surface area (Å²) in [7, 11) is 0.911. The monoisotopic (exact) mass is 158 g/mol. The minimum Gasteiger partial charge on any atom is -0.0818 e. The van der Waals surface area contributed by atoms with E-state index in [-0.39, 0.29) is 0 Å². The Bertz CT molecular complexity index is 324. The Morgan fingerprint density at radius 1 is 1.18 bits per heavy atom. The first kappa shape index (κ1) is 6.86. The van der Waals surface area contributed by atoms with Gasteiger partial charge >= 0.3 is 0 Å². The molecule has 0 aliphatic carbocycles. The van der Waals surface area contributed by atoms with Gasteiger partial charge in [0.05, 0.1) is 0 Å². The van der Waals surface area contributed by atoms with Crippen molar-refractivity contribution in [1.82, 2.24) is 0 Å². The molecular formula is C10H10Si. The Kier molecular flexibility index (Phi) is 1.46. The molecule has 1 aliphatic heterocycles. The predicted molar refractivity (Wildman–Crippen MR) is 50.2 cm³/mol. The lowest BCUT2D eigenvalue weighted by atomic mass is 10.1. The number of hydrogen-bond donors (Lipinski definition) is 0. The maximum Gasteiger partial charge on any atom is 0.116 e. The van der Waals surface area contributed by atoms with Gasteiger partial charge in [-0.1, -0.05) is 40.2 Å². The van der Waals surface area contributed by atoms with Gasteiger partial charge in [0.2, 0.25) is 0 Å². The van der Waals surface area contributed by atoms with Gasteiger partial charge in [0.1, 0.15) is 9.52 Å². The summed E-state index contributed by atoms with van der Waals surface area (Å²) in [5.74, 6) is 0. The van der Waals surface area contributed by atoms with E-state index >= 15 is 0 Å². The average Bonchev–Trinajstić information content (AvgIpc) is 2.27. The summed E-state index contributed by atoms with van der Waals surface area (Å²) in [6.07, 6.45) is 2.28. The van der Waals surface area contributed by atoms with Gasteiger partial charge in [-0.2, -0.15) is 0 Å². The molecule has 2 rings (SSSR count). The summed E-state index contributed by atoms with van der Waals surface area (Å²) in [5.41, 5.74) is 2.80. The van der Waals surface area contributed by atoms with Crippen LogP contribution in [0.3, 0.4) is 0 Å². The number of aryl methyl sites for hydroxylation is 1. The third kappa shape index (κ3) is 1.16. The molecule has 0 N–H and O–H groups in total. The summed E-state index contributed by atoms with van der Waals surface area (Å²) in [6.45, 7) is 4.35. The first-order chi connectivity index (χ1) is 5.25. The highest BCUT2D eigenvalue weighted by Gasteiger charge is 2.09. The molecule has 1 aliphatic rings. The molecule has 1 heterocycles. The number of hydrogen-bond acceptors (Lipinski definition) is 0. The van der Waals surface area contributed by atoms with E-state index in [4.69, 9.17) is 0 Å². The number of allylic oxidation sites excluding steroid dienone is 1. The van der Waals surface area contributed by atoms with E-state index in [1.807, 2.05) is 0 Å². The molecule has 54 valence electrons. The Labute approximate surface area is 69.8 Å². The number of benzene rings is 1. The molecule has 0 unspecified atom stereocenters. The highest BCUT2D eigenvalue weighted by atomic mass is 28.2. The van der Waals surface area contributed by atoms with Crippen LogP contribution in [0.2, 0.25) is 0 Å². The van der Waals surface area contributed by atoms with Gasteiger partial charge in [0, 0.05) is 0 Å². The van der Waals surface area contributed by atoms with E-state index in [1.165, 1.54) is 21.5 Å². The van der Waals surface area contributed by atoms with Crippen LogP contribution in [0.15, 0.2) is 23.4 Å². The lowest BCUT2D eigenvalue weighted by molar-refractivity contribution is 1.49. The molecule has 0 saturated heterocycles. The molecule has 1 aromatic carbocycles. The molecule has 2 radical (unpaired) electrons. The fourth-order valence-corrected chi connectivity index (χ4v) is 2.64. The van der Waals surface area contributed by atoms with Crippen LogP contribution in [0.5, 0.6) is 0 Å². The number of rotatable bonds is 0. The third-order valence-corrected chi connectivity index (χ3v) is 3.15. The summed E-state index contributed by atoms with van der Waals surface area (Å²) in [6, 6.07) is 6.69. The number of fused-ring (bicyclic) bond motifs is 1. The lowest BCUT2D eigenvalue weighted by Crippen LogP contribution is -2.12. The molecule has 11 heavy (non-hydrogen) atoms. The van der Waals surface area contributed by atoms with Crippen LogP contribution in [0.1, 0.15) is 18.1 Å². The van der Waals surface area contributed by atoms with Crippen molar-refractivity contribution in [2.75, 3.05) is 0 Å². The summed E-state index contributed by atoms with van der Waals surface area (Å²) < 4.78 is 0. The van der Waals surface area contributed by atoms with Gasteiger partial charge < -0.3 is 0 Å². The van der Waals surface area contributed by atoms with Crippen molar-refractivity contribution < 1.29 is 0 Å². The molecule has 0 nitrogen and oxygen atoms in total. The van der Waals surface area contributed by atoms with Crippen LogP contribution in [-0.2, 0) is 0 Å². The summed E-state index contributed by atoms with van der Waals surface area (Å²) >= 11 is 0. The van der Waals surface area contributed by atoms with Gasteiger partial charge in [0.25, 0.3) is 0 Å². The van der Waals surface area contributed by atoms with Gasteiger partial charge in [-0.3, -0.25) is 0 Å². The Morgan fingerprint density at radius 3 is 2.82 bits per heavy atom. The average molecular weight is 158 g/mol. The Hall–Kier alpha value is -0.823. The van der Waals surface area contributed by atoms with Crippen molar-refractivity contribution in [3.8, 4) is 0 Å². The standard InChI is InChI=1S/C10H10Si/c1-7-3-4-9-6-8(2)11-10(9)5-7/h3-6H,1-2H3. The summed E-state index contributed by atoms with van der Waals surface area (Å²) in [5, 5.41) is 3.02. The fraction of sp³-hybridized carbons (Fsp3) is 0.200. The zero-order valence-electron chi connectivity index (χ0n) is 6.81. The van der Waals surface area contributed by atoms with Crippen LogP contribution < -0.4 is 5.19 Å². The quantitative estimate of drug-likeness (QED) is 0.504. The molecular weight excluding hydrogens is 148 g/mol. The van der Waals surface area contributed by atoms with Gasteiger partial charge in [-0.25, -0.2) is 0 Å². The lowest BCUT2D eigenvalue weighted by Gasteiger charge is -1.98. The largest absolute Gasteiger partial charge is 0.116 e. The van der Waals surface area contributed by atoms with Crippen molar-refractivity contribution in [2.24, 2.45) is 0 Å². The second-order valence-electron chi connectivity index (χ2n) is 3.04. The molecule has 0 aromatic heterocycles. The van der Waals surface area contributed by atoms with Crippen LogP contribution in [-0.4, -0.2) is 9.52 Å². The van der Waals surface area contributed by atoms with Gasteiger partial charge in [-0.05, 0) is 19.4 Å². The van der Waals surface area contributed by atoms with E-state index in [2.05, 4.69) is 38.1 Å². The molecule has 0 bridgehead atoms. The van der Waals surface area contributed by atoms with E-state index < -0.39 is 0 Å². The Morgan fingerprint density at radius 2 is 2.00 bits per heavy atom.